The van der Waals surface area contributed by atoms with E-state index in [1.54, 1.807) is 0 Å². The first kappa shape index (κ1) is 37.1. The number of nitrogens with zero attached hydrogens (tertiary/aromatic N) is 8. The number of carbonyl (C=O) groups excluding carboxylic acids is 3. The van der Waals surface area contributed by atoms with Crippen LogP contribution in [0.1, 0.15) is 33.2 Å². The van der Waals surface area contributed by atoms with Crippen molar-refractivity contribution in [2.24, 2.45) is 0 Å². The molecule has 20 nitrogen and oxygen atoms in total. The molecule has 5 N–H and O–H groups in total. The summed E-state index contributed by atoms with van der Waals surface area (Å²) in [5.74, 6) is -1.53. The molecule has 49 heavy (non-hydrogen) atoms. The molecule has 6 rings (SSSR count). The Kier molecular flexibility index (Phi) is 11.7. The van der Waals surface area contributed by atoms with Gasteiger partial charge in [0, 0.05) is 66.0 Å². The van der Waals surface area contributed by atoms with Crippen molar-refractivity contribution in [3.63, 3.8) is 0 Å². The molecule has 0 amide bonds. The number of hydrogen-bond donors (Lipinski definition) is 4. The molecule has 8 atom stereocenters. The standard InChI is InChI=1S/C16H16ClIN4O7.C10H12IN5O4/c1-6(23)26-4-9-11(27-7(2)24)12(28-8(3)25)15(29-9)22-5-19-10-13(17)20-16(18)21-14(10)22;11-10-14-7(12)4-8(15-10)16(2-13-4)9-6(19)5(18)3(1-17)20-9/h5,9,11-12,15H,4H2,1-3H3;2-3,5-6,9,17-19H,1H2,(H2,12,14,15)/t9-,11?,12+,15-;3-,5?,6+,9-/m11/s1. The second-order valence-corrected chi connectivity index (χ2v) is 12.8. The van der Waals surface area contributed by atoms with Gasteiger partial charge in [-0.3, -0.25) is 23.5 Å². The van der Waals surface area contributed by atoms with Gasteiger partial charge < -0.3 is 44.7 Å². The largest absolute Gasteiger partial charge is 0.463 e. The third kappa shape index (κ3) is 7.94. The van der Waals surface area contributed by atoms with Crippen LogP contribution in [0.4, 0.5) is 5.82 Å². The van der Waals surface area contributed by atoms with Crippen LogP contribution in [-0.4, -0.2) is 122 Å². The molecule has 0 aromatic carbocycles. The van der Waals surface area contributed by atoms with Gasteiger partial charge >= 0.3 is 17.9 Å². The van der Waals surface area contributed by atoms with Crippen LogP contribution >= 0.6 is 56.8 Å². The average molecular weight is 932 g/mol. The van der Waals surface area contributed by atoms with Crippen molar-refractivity contribution in [3.8, 4) is 0 Å². The number of nitrogen functional groups attached to an aromatic ring is 1. The van der Waals surface area contributed by atoms with Crippen molar-refractivity contribution in [1.82, 2.24) is 39.0 Å². The van der Waals surface area contributed by atoms with Gasteiger partial charge in [0.25, 0.3) is 0 Å². The van der Waals surface area contributed by atoms with E-state index in [1.165, 1.54) is 42.6 Å². The molecule has 0 spiro atoms. The first-order chi connectivity index (χ1) is 23.2. The number of aromatic nitrogens is 8. The summed E-state index contributed by atoms with van der Waals surface area (Å²) in [6.45, 7) is 3.07. The van der Waals surface area contributed by atoms with E-state index >= 15 is 0 Å². The lowest BCUT2D eigenvalue weighted by molar-refractivity contribution is -0.166. The monoisotopic (exact) mass is 931 g/mol. The number of carbonyl (C=O) groups is 3. The Bertz CT molecular complexity index is 1880. The summed E-state index contributed by atoms with van der Waals surface area (Å²) in [5.41, 5.74) is 7.21. The molecule has 4 aromatic rings. The maximum Gasteiger partial charge on any atom is 0.303 e. The van der Waals surface area contributed by atoms with Crippen LogP contribution in [0.15, 0.2) is 12.7 Å². The van der Waals surface area contributed by atoms with Gasteiger partial charge in [-0.2, -0.15) is 0 Å². The van der Waals surface area contributed by atoms with E-state index in [0.29, 0.717) is 30.0 Å². The number of ether oxygens (including phenoxy) is 5. The topological polar surface area (TPSA) is 271 Å². The van der Waals surface area contributed by atoms with E-state index in [-0.39, 0.29) is 17.6 Å². The second-order valence-electron chi connectivity index (χ2n) is 10.6. The van der Waals surface area contributed by atoms with Crippen molar-refractivity contribution in [2.75, 3.05) is 18.9 Å². The van der Waals surface area contributed by atoms with E-state index in [1.807, 2.05) is 45.2 Å². The molecule has 6 heterocycles. The highest BCUT2D eigenvalue weighted by Crippen LogP contribution is 2.37. The summed E-state index contributed by atoms with van der Waals surface area (Å²) in [6, 6.07) is 0. The first-order valence-corrected chi connectivity index (χ1v) is 16.7. The second kappa shape index (κ2) is 15.4. The van der Waals surface area contributed by atoms with Crippen molar-refractivity contribution in [3.05, 3.63) is 25.5 Å². The summed E-state index contributed by atoms with van der Waals surface area (Å²) in [6.07, 6.45) is -5.22. The van der Waals surface area contributed by atoms with Crippen molar-refractivity contribution in [1.29, 1.82) is 0 Å². The molecule has 0 radical (unpaired) electrons. The fourth-order valence-corrected chi connectivity index (χ4v) is 6.48. The van der Waals surface area contributed by atoms with Crippen molar-refractivity contribution in [2.45, 2.75) is 69.9 Å². The lowest BCUT2D eigenvalue weighted by atomic mass is 10.1. The summed E-state index contributed by atoms with van der Waals surface area (Å²) in [5, 5.41) is 29.0. The molecule has 2 fully saturated rings. The number of aliphatic hydroxyl groups excluding tert-OH is 3. The van der Waals surface area contributed by atoms with Gasteiger partial charge in [-0.05, 0) is 0 Å². The lowest BCUT2D eigenvalue weighted by Gasteiger charge is -2.23. The summed E-state index contributed by atoms with van der Waals surface area (Å²) >= 11 is 9.94. The normalized spacial score (nSPS) is 26.4. The molecule has 0 aliphatic carbocycles. The number of nitrogens with two attached hydrogens (primary N) is 1. The van der Waals surface area contributed by atoms with E-state index in [4.69, 9.17) is 46.1 Å². The van der Waals surface area contributed by atoms with Crippen LogP contribution < -0.4 is 5.73 Å². The molecule has 2 unspecified atom stereocenters. The smallest absolute Gasteiger partial charge is 0.303 e. The third-order valence-electron chi connectivity index (χ3n) is 7.18. The Morgan fingerprint density at radius 2 is 1.39 bits per heavy atom. The highest BCUT2D eigenvalue weighted by Gasteiger charge is 2.51. The van der Waals surface area contributed by atoms with E-state index in [0.717, 1.165) is 0 Å². The number of halogens is 3. The minimum Gasteiger partial charge on any atom is -0.463 e. The average Bonchev–Trinajstić information content (AvgIpc) is 3.77. The number of hydrogen-bond acceptors (Lipinski definition) is 18. The van der Waals surface area contributed by atoms with Gasteiger partial charge in [0.1, 0.15) is 42.1 Å². The molecule has 2 aliphatic heterocycles. The third-order valence-corrected chi connectivity index (χ3v) is 8.41. The number of anilines is 1. The van der Waals surface area contributed by atoms with Crippen LogP contribution in [0.3, 0.4) is 0 Å². The maximum atomic E-state index is 11.7. The van der Waals surface area contributed by atoms with Gasteiger partial charge in [0.15, 0.2) is 54.6 Å². The van der Waals surface area contributed by atoms with Gasteiger partial charge in [-0.1, -0.05) is 11.6 Å². The Labute approximate surface area is 307 Å². The minimum atomic E-state index is -1.20. The molecule has 2 saturated heterocycles. The molecule has 2 aliphatic rings. The fourth-order valence-electron chi connectivity index (χ4n) is 5.17. The molecular formula is C26H28ClI2N9O11. The quantitative estimate of drug-likeness (QED) is 0.0626. The van der Waals surface area contributed by atoms with E-state index in [9.17, 15) is 24.6 Å². The highest BCUT2D eigenvalue weighted by molar-refractivity contribution is 14.1. The zero-order chi connectivity index (χ0) is 35.7. The zero-order valence-corrected chi connectivity index (χ0v) is 30.7. The molecule has 23 heteroatoms. The van der Waals surface area contributed by atoms with Gasteiger partial charge in [0.2, 0.25) is 0 Å². The summed E-state index contributed by atoms with van der Waals surface area (Å²) in [7, 11) is 0. The van der Waals surface area contributed by atoms with Gasteiger partial charge in [-0.25, -0.2) is 29.9 Å². The highest BCUT2D eigenvalue weighted by atomic mass is 127. The number of rotatable bonds is 7. The van der Waals surface area contributed by atoms with Crippen LogP contribution in [0.2, 0.25) is 5.15 Å². The predicted molar refractivity (Wildman–Crippen MR) is 180 cm³/mol. The molecule has 0 saturated carbocycles. The number of imidazole rings is 2. The SMILES string of the molecule is CC(=O)OC[C@H]1O[C@@H](n2cnc3c(Cl)nc(I)nc32)[C@@H](OC(C)=O)C1OC(C)=O.Nc1nc(I)nc2c1ncn2[C@@H]1O[C@H](CO)C(O)[C@@H]1O. The lowest BCUT2D eigenvalue weighted by Crippen LogP contribution is -2.40. The Balaban J connectivity index is 0.000000204. The first-order valence-electron chi connectivity index (χ1n) is 14.2. The Morgan fingerprint density at radius 1 is 0.837 bits per heavy atom. The van der Waals surface area contributed by atoms with Crippen LogP contribution in [0.5, 0.6) is 0 Å². The molecular weight excluding hydrogens is 904 g/mol. The predicted octanol–water partition coefficient (Wildman–Crippen LogP) is 0.0328. The molecule has 4 aromatic heterocycles. The molecule has 264 valence electrons. The van der Waals surface area contributed by atoms with Crippen LogP contribution in [0, 0.1) is 7.66 Å². The molecule has 0 bridgehead atoms. The van der Waals surface area contributed by atoms with Gasteiger partial charge in [0.05, 0.1) is 19.3 Å². The van der Waals surface area contributed by atoms with Crippen LogP contribution in [0.25, 0.3) is 22.3 Å². The number of aliphatic hydroxyl groups is 3. The summed E-state index contributed by atoms with van der Waals surface area (Å²) in [4.78, 5) is 59.4. The maximum absolute atomic E-state index is 11.7. The van der Waals surface area contributed by atoms with Crippen molar-refractivity contribution >= 4 is 103 Å². The minimum absolute atomic E-state index is 0.146. The van der Waals surface area contributed by atoms with E-state index < -0.39 is 73.6 Å². The number of esters is 3. The van der Waals surface area contributed by atoms with Crippen molar-refractivity contribution < 1.29 is 53.4 Å². The van der Waals surface area contributed by atoms with Gasteiger partial charge in [-0.15, -0.1) is 0 Å². The summed E-state index contributed by atoms with van der Waals surface area (Å²) < 4.78 is 30.9. The zero-order valence-electron chi connectivity index (χ0n) is 25.6. The number of fused-ring (bicyclic) bond motifs is 2. The fraction of sp³-hybridized carbons (Fsp3) is 0.500. The Hall–Kier alpha value is -3.14. The van der Waals surface area contributed by atoms with E-state index in [2.05, 4.69) is 29.9 Å². The van der Waals surface area contributed by atoms with Crippen LogP contribution in [-0.2, 0) is 38.1 Å². The Morgan fingerprint density at radius 3 is 1.98 bits per heavy atom.